The molecule has 0 bridgehead atoms. The Morgan fingerprint density at radius 1 is 1.03 bits per heavy atom. The fraction of sp³-hybridized carbons (Fsp3) is 0.185. The maximum Gasteiger partial charge on any atom is 0.266 e. The van der Waals surface area contributed by atoms with Crippen molar-refractivity contribution in [3.8, 4) is 16.3 Å². The number of aryl methyl sites for hydroxylation is 2. The molecule has 0 spiro atoms. The van der Waals surface area contributed by atoms with Gasteiger partial charge in [-0.3, -0.25) is 4.79 Å². The molecule has 0 atom stereocenters. The Morgan fingerprint density at radius 3 is 2.42 bits per heavy atom. The average molecular weight is 531 g/mol. The summed E-state index contributed by atoms with van der Waals surface area (Å²) in [6.45, 7) is 2.36. The van der Waals surface area contributed by atoms with Gasteiger partial charge in [-0.25, -0.2) is 13.8 Å². The quantitative estimate of drug-likeness (QED) is 0.246. The molecule has 1 N–H and O–H groups in total. The lowest BCUT2D eigenvalue weighted by Crippen LogP contribution is -2.31. The Balaban J connectivity index is 1.61. The summed E-state index contributed by atoms with van der Waals surface area (Å²) in [6, 6.07) is 17.7. The Bertz CT molecular complexity index is 1380. The SMILES string of the molecule is Cc1nc(-c2cc(F)c(F)c(O)c2F)sc1C(=O)N(CCCc1ccccc1)Cc1ccc(Cl)cc1. The minimum atomic E-state index is -1.67. The summed E-state index contributed by atoms with van der Waals surface area (Å²) >= 11 is 6.86. The second kappa shape index (κ2) is 11.1. The lowest BCUT2D eigenvalue weighted by Gasteiger charge is -2.23. The molecule has 1 aromatic heterocycles. The molecule has 4 rings (SSSR count). The number of benzene rings is 3. The van der Waals surface area contributed by atoms with Gasteiger partial charge in [-0.1, -0.05) is 54.1 Å². The minimum absolute atomic E-state index is 0.0294. The molecule has 0 radical (unpaired) electrons. The fourth-order valence-electron chi connectivity index (χ4n) is 3.78. The molecule has 0 aliphatic rings. The standard InChI is InChI=1S/C27H22ClF3N2O2S/c1-16-25(36-26(32-16)20-14-21(29)23(31)24(34)22(20)30)27(35)33(15-18-9-11-19(28)12-10-18)13-5-8-17-6-3-2-4-7-17/h2-4,6-7,9-12,14,34H,5,8,13,15H2,1H3. The van der Waals surface area contributed by atoms with Crippen LogP contribution in [-0.4, -0.2) is 27.4 Å². The monoisotopic (exact) mass is 530 g/mol. The van der Waals surface area contributed by atoms with Crippen molar-refractivity contribution in [3.63, 3.8) is 0 Å². The first-order chi connectivity index (χ1) is 17.2. The first-order valence-corrected chi connectivity index (χ1v) is 12.4. The van der Waals surface area contributed by atoms with Gasteiger partial charge in [0.1, 0.15) is 9.88 Å². The lowest BCUT2D eigenvalue weighted by molar-refractivity contribution is 0.0745. The van der Waals surface area contributed by atoms with Crippen LogP contribution in [0.1, 0.15) is 32.9 Å². The van der Waals surface area contributed by atoms with Crippen molar-refractivity contribution in [2.75, 3.05) is 6.54 Å². The highest BCUT2D eigenvalue weighted by Crippen LogP contribution is 2.36. The second-order valence-corrected chi connectivity index (χ2v) is 9.69. The number of phenols is 1. The van der Waals surface area contributed by atoms with Crippen LogP contribution in [0.25, 0.3) is 10.6 Å². The van der Waals surface area contributed by atoms with E-state index >= 15 is 0 Å². The number of aromatic nitrogens is 1. The van der Waals surface area contributed by atoms with Gasteiger partial charge in [0, 0.05) is 18.1 Å². The highest BCUT2D eigenvalue weighted by atomic mass is 35.5. The molecule has 186 valence electrons. The molecule has 4 aromatic rings. The zero-order valence-electron chi connectivity index (χ0n) is 19.3. The molecular weight excluding hydrogens is 509 g/mol. The number of thiazole rings is 1. The number of carbonyl (C=O) groups excluding carboxylic acids is 1. The number of hydrogen-bond acceptors (Lipinski definition) is 4. The summed E-state index contributed by atoms with van der Waals surface area (Å²) in [7, 11) is 0. The molecule has 0 aliphatic carbocycles. The van der Waals surface area contributed by atoms with Crippen LogP contribution >= 0.6 is 22.9 Å². The van der Waals surface area contributed by atoms with E-state index in [0.717, 1.165) is 28.9 Å². The lowest BCUT2D eigenvalue weighted by atomic mass is 10.1. The van der Waals surface area contributed by atoms with Crippen LogP contribution < -0.4 is 0 Å². The van der Waals surface area contributed by atoms with E-state index in [1.54, 1.807) is 24.0 Å². The Labute approximate surface area is 215 Å². The third-order valence-electron chi connectivity index (χ3n) is 5.66. The summed E-state index contributed by atoms with van der Waals surface area (Å²) in [6.07, 6.45) is 1.48. The normalized spacial score (nSPS) is 11.0. The molecule has 1 heterocycles. The Hall–Kier alpha value is -3.36. The second-order valence-electron chi connectivity index (χ2n) is 8.26. The molecule has 0 fully saturated rings. The predicted molar refractivity (Wildman–Crippen MR) is 135 cm³/mol. The molecule has 9 heteroatoms. The number of hydrogen-bond donors (Lipinski definition) is 1. The topological polar surface area (TPSA) is 53.4 Å². The fourth-order valence-corrected chi connectivity index (χ4v) is 4.95. The molecule has 4 nitrogen and oxygen atoms in total. The summed E-state index contributed by atoms with van der Waals surface area (Å²) in [5.74, 6) is -6.15. The van der Waals surface area contributed by atoms with Crippen molar-refractivity contribution >= 4 is 28.8 Å². The first kappa shape index (κ1) is 25.7. The van der Waals surface area contributed by atoms with Gasteiger partial charge in [-0.05, 0) is 49.1 Å². The van der Waals surface area contributed by atoms with Crippen LogP contribution in [0.2, 0.25) is 5.02 Å². The molecular formula is C27H22ClF3N2O2S. The van der Waals surface area contributed by atoms with E-state index in [1.165, 1.54) is 0 Å². The summed E-state index contributed by atoms with van der Waals surface area (Å²) in [5, 5.41) is 10.1. The van der Waals surface area contributed by atoms with Crippen LogP contribution in [0.4, 0.5) is 13.2 Å². The van der Waals surface area contributed by atoms with Crippen LogP contribution in [-0.2, 0) is 13.0 Å². The van der Waals surface area contributed by atoms with Crippen LogP contribution in [0, 0.1) is 24.4 Å². The smallest absolute Gasteiger partial charge is 0.266 e. The van der Waals surface area contributed by atoms with E-state index in [1.807, 2.05) is 42.5 Å². The van der Waals surface area contributed by atoms with Crippen LogP contribution in [0.3, 0.4) is 0 Å². The molecule has 0 saturated carbocycles. The zero-order chi connectivity index (χ0) is 25.8. The van der Waals surface area contributed by atoms with Crippen molar-refractivity contribution in [1.29, 1.82) is 0 Å². The number of nitrogens with zero attached hydrogens (tertiary/aromatic N) is 2. The van der Waals surface area contributed by atoms with Gasteiger partial charge in [0.2, 0.25) is 5.82 Å². The summed E-state index contributed by atoms with van der Waals surface area (Å²) in [4.78, 5) is 19.7. The third-order valence-corrected chi connectivity index (χ3v) is 7.10. The maximum atomic E-state index is 14.5. The van der Waals surface area contributed by atoms with Gasteiger partial charge in [0.15, 0.2) is 17.4 Å². The van der Waals surface area contributed by atoms with Crippen LogP contribution in [0.5, 0.6) is 5.75 Å². The minimum Gasteiger partial charge on any atom is -0.503 e. The van der Waals surface area contributed by atoms with Crippen LogP contribution in [0.15, 0.2) is 60.7 Å². The van der Waals surface area contributed by atoms with E-state index in [0.29, 0.717) is 36.3 Å². The highest BCUT2D eigenvalue weighted by molar-refractivity contribution is 7.17. The number of carbonyl (C=O) groups is 1. The molecule has 0 aliphatic heterocycles. The number of halogens is 4. The predicted octanol–water partition coefficient (Wildman–Crippen LogP) is 7.17. The number of aromatic hydroxyl groups is 1. The van der Waals surface area contributed by atoms with Crippen molar-refractivity contribution in [2.45, 2.75) is 26.3 Å². The molecule has 3 aromatic carbocycles. The number of phenolic OH excluding ortho intramolecular Hbond substituents is 1. The molecule has 0 saturated heterocycles. The third kappa shape index (κ3) is 5.71. The van der Waals surface area contributed by atoms with E-state index in [2.05, 4.69) is 4.98 Å². The summed E-state index contributed by atoms with van der Waals surface area (Å²) < 4.78 is 41.8. The average Bonchev–Trinajstić information content (AvgIpc) is 3.27. The Kier molecular flexibility index (Phi) is 7.96. The van der Waals surface area contributed by atoms with Gasteiger partial charge < -0.3 is 10.0 Å². The van der Waals surface area contributed by atoms with Crippen molar-refractivity contribution in [3.05, 3.63) is 105 Å². The van der Waals surface area contributed by atoms with E-state index < -0.39 is 28.8 Å². The summed E-state index contributed by atoms with van der Waals surface area (Å²) in [5.41, 5.74) is 1.95. The zero-order valence-corrected chi connectivity index (χ0v) is 20.8. The maximum absolute atomic E-state index is 14.5. The van der Waals surface area contributed by atoms with Gasteiger partial charge in [-0.15, -0.1) is 11.3 Å². The Morgan fingerprint density at radius 2 is 1.72 bits per heavy atom. The van der Waals surface area contributed by atoms with Crippen molar-refractivity contribution < 1.29 is 23.1 Å². The van der Waals surface area contributed by atoms with Gasteiger partial charge in [0.25, 0.3) is 5.91 Å². The van der Waals surface area contributed by atoms with Crippen molar-refractivity contribution in [2.24, 2.45) is 0 Å². The number of amides is 1. The molecule has 0 unspecified atom stereocenters. The molecule has 1 amide bonds. The van der Waals surface area contributed by atoms with Gasteiger partial charge in [0.05, 0.1) is 11.3 Å². The highest BCUT2D eigenvalue weighted by Gasteiger charge is 2.26. The first-order valence-electron chi connectivity index (χ1n) is 11.2. The molecule has 36 heavy (non-hydrogen) atoms. The van der Waals surface area contributed by atoms with E-state index in [9.17, 15) is 23.1 Å². The number of rotatable bonds is 8. The van der Waals surface area contributed by atoms with E-state index in [4.69, 9.17) is 11.6 Å². The van der Waals surface area contributed by atoms with Gasteiger partial charge >= 0.3 is 0 Å². The van der Waals surface area contributed by atoms with Crippen molar-refractivity contribution in [1.82, 2.24) is 9.88 Å². The van der Waals surface area contributed by atoms with E-state index in [-0.39, 0.29) is 15.8 Å². The van der Waals surface area contributed by atoms with Gasteiger partial charge in [-0.2, -0.15) is 4.39 Å². The largest absolute Gasteiger partial charge is 0.503 e.